The van der Waals surface area contributed by atoms with E-state index < -0.39 is 0 Å². The summed E-state index contributed by atoms with van der Waals surface area (Å²) in [6, 6.07) is 19.4. The third kappa shape index (κ3) is 7.56. The number of benzene rings is 3. The number of ether oxygens (including phenoxy) is 4. The van der Waals surface area contributed by atoms with Crippen LogP contribution in [0.5, 0.6) is 17.2 Å². The number of rotatable bonds is 10. The highest BCUT2D eigenvalue weighted by atomic mass is 35.5. The number of carbonyl (C=O) groups excluding carboxylic acids is 1. The minimum absolute atomic E-state index is 0.123. The lowest BCUT2D eigenvalue weighted by atomic mass is 10.1. The van der Waals surface area contributed by atoms with Gasteiger partial charge in [0.25, 0.3) is 0 Å². The molecule has 0 aliphatic carbocycles. The molecule has 9 heteroatoms. The molecule has 1 fully saturated rings. The molecular formula is C30H36ClN3O5. The number of amides is 2. The number of aryl methyl sites for hydroxylation is 1. The minimum Gasteiger partial charge on any atom is -0.493 e. The van der Waals surface area contributed by atoms with Gasteiger partial charge >= 0.3 is 6.03 Å². The van der Waals surface area contributed by atoms with Gasteiger partial charge in [0.15, 0.2) is 11.5 Å². The fraction of sp³-hybridized carbons (Fsp3) is 0.367. The third-order valence-corrected chi connectivity index (χ3v) is 7.03. The van der Waals surface area contributed by atoms with Crippen molar-refractivity contribution in [1.82, 2.24) is 9.80 Å². The molecule has 1 heterocycles. The predicted molar refractivity (Wildman–Crippen MR) is 153 cm³/mol. The Morgan fingerprint density at radius 2 is 1.59 bits per heavy atom. The van der Waals surface area contributed by atoms with Crippen LogP contribution >= 0.6 is 11.6 Å². The molecule has 0 spiro atoms. The van der Waals surface area contributed by atoms with Gasteiger partial charge in [0, 0.05) is 49.9 Å². The first kappa shape index (κ1) is 28.5. The molecule has 0 bridgehead atoms. The summed E-state index contributed by atoms with van der Waals surface area (Å²) < 4.78 is 22.6. The van der Waals surface area contributed by atoms with Crippen molar-refractivity contribution in [3.8, 4) is 17.2 Å². The van der Waals surface area contributed by atoms with E-state index in [1.54, 1.807) is 33.5 Å². The highest BCUT2D eigenvalue weighted by Crippen LogP contribution is 2.40. The fourth-order valence-corrected chi connectivity index (χ4v) is 4.78. The maximum atomic E-state index is 13.0. The lowest BCUT2D eigenvalue weighted by Gasteiger charge is -2.36. The normalized spacial score (nSPS) is 14.5. The smallest absolute Gasteiger partial charge is 0.321 e. The van der Waals surface area contributed by atoms with Gasteiger partial charge in [-0.2, -0.15) is 0 Å². The molecular weight excluding hydrogens is 518 g/mol. The molecule has 4 rings (SSSR count). The maximum absolute atomic E-state index is 13.0. The standard InChI is InChI=1S/C30H36ClN3O5/c1-21-6-5-7-22(16-21)20-39-28(23-8-10-24(31)11-9-23)19-33-12-14-34(15-13-33)30(35)32-25-17-26(36-2)29(38-4)27(18-25)37-3/h5-11,16-18,28H,12-15,19-20H2,1-4H3,(H,32,35)/t28-/m1/s1. The molecule has 1 atom stereocenters. The Labute approximate surface area is 235 Å². The van der Waals surface area contributed by atoms with Crippen molar-refractivity contribution < 1.29 is 23.7 Å². The first-order valence-corrected chi connectivity index (χ1v) is 13.3. The molecule has 3 aromatic carbocycles. The minimum atomic E-state index is -0.172. The number of anilines is 1. The van der Waals surface area contributed by atoms with Gasteiger partial charge in [-0.3, -0.25) is 4.90 Å². The Morgan fingerprint density at radius 3 is 2.18 bits per heavy atom. The number of piperazine rings is 1. The van der Waals surface area contributed by atoms with Crippen molar-refractivity contribution in [3.63, 3.8) is 0 Å². The summed E-state index contributed by atoms with van der Waals surface area (Å²) in [5.41, 5.74) is 4.00. The van der Waals surface area contributed by atoms with Crippen molar-refractivity contribution in [3.05, 3.63) is 82.4 Å². The van der Waals surface area contributed by atoms with Gasteiger partial charge in [0.1, 0.15) is 0 Å². The first-order chi connectivity index (χ1) is 18.9. The van der Waals surface area contributed by atoms with Crippen LogP contribution in [0.2, 0.25) is 5.02 Å². The predicted octanol–water partition coefficient (Wildman–Crippen LogP) is 5.78. The third-order valence-electron chi connectivity index (χ3n) is 6.77. The Hall–Kier alpha value is -3.46. The Kier molecular flexibility index (Phi) is 9.92. The topological polar surface area (TPSA) is 72.5 Å². The summed E-state index contributed by atoms with van der Waals surface area (Å²) in [6.45, 7) is 5.99. The summed E-state index contributed by atoms with van der Waals surface area (Å²) in [7, 11) is 4.64. The van der Waals surface area contributed by atoms with Crippen LogP contribution in [0.4, 0.5) is 10.5 Å². The van der Waals surface area contributed by atoms with E-state index in [0.29, 0.717) is 47.7 Å². The second-order valence-corrected chi connectivity index (χ2v) is 9.91. The number of nitrogens with one attached hydrogen (secondary N) is 1. The van der Waals surface area contributed by atoms with Gasteiger partial charge < -0.3 is 29.2 Å². The van der Waals surface area contributed by atoms with Crippen LogP contribution in [0.15, 0.2) is 60.7 Å². The van der Waals surface area contributed by atoms with Crippen LogP contribution in [0.3, 0.4) is 0 Å². The van der Waals surface area contributed by atoms with Gasteiger partial charge in [-0.15, -0.1) is 0 Å². The summed E-state index contributed by atoms with van der Waals surface area (Å²) in [5, 5.41) is 3.65. The monoisotopic (exact) mass is 553 g/mol. The lowest BCUT2D eigenvalue weighted by Crippen LogP contribution is -2.50. The van der Waals surface area contributed by atoms with Gasteiger partial charge in [-0.25, -0.2) is 4.79 Å². The van der Waals surface area contributed by atoms with E-state index in [9.17, 15) is 4.79 Å². The highest BCUT2D eigenvalue weighted by molar-refractivity contribution is 6.30. The zero-order valence-electron chi connectivity index (χ0n) is 22.9. The molecule has 3 aromatic rings. The second kappa shape index (κ2) is 13.6. The van der Waals surface area contributed by atoms with Crippen LogP contribution in [0, 0.1) is 6.92 Å². The summed E-state index contributed by atoms with van der Waals surface area (Å²) in [5.74, 6) is 1.44. The zero-order valence-corrected chi connectivity index (χ0v) is 23.7. The van der Waals surface area contributed by atoms with Crippen LogP contribution in [-0.4, -0.2) is 69.9 Å². The molecule has 39 heavy (non-hydrogen) atoms. The lowest BCUT2D eigenvalue weighted by molar-refractivity contribution is 0.00592. The molecule has 1 aliphatic heterocycles. The molecule has 208 valence electrons. The number of halogens is 1. The van der Waals surface area contributed by atoms with Crippen LogP contribution in [0.25, 0.3) is 0 Å². The van der Waals surface area contributed by atoms with Crippen molar-refractivity contribution in [2.45, 2.75) is 19.6 Å². The summed E-state index contributed by atoms with van der Waals surface area (Å²) >= 11 is 6.14. The molecule has 0 saturated carbocycles. The maximum Gasteiger partial charge on any atom is 0.321 e. The van der Waals surface area contributed by atoms with Gasteiger partial charge in [-0.1, -0.05) is 53.6 Å². The van der Waals surface area contributed by atoms with Gasteiger partial charge in [0.05, 0.1) is 39.7 Å². The van der Waals surface area contributed by atoms with Crippen molar-refractivity contribution in [2.24, 2.45) is 0 Å². The van der Waals surface area contributed by atoms with E-state index in [0.717, 1.165) is 30.8 Å². The number of hydrogen-bond acceptors (Lipinski definition) is 6. The van der Waals surface area contributed by atoms with Crippen molar-refractivity contribution in [2.75, 3.05) is 59.4 Å². The molecule has 0 aromatic heterocycles. The molecule has 0 radical (unpaired) electrons. The molecule has 1 N–H and O–H groups in total. The number of hydrogen-bond donors (Lipinski definition) is 1. The van der Waals surface area contributed by atoms with Gasteiger partial charge in [0.2, 0.25) is 5.75 Å². The van der Waals surface area contributed by atoms with Crippen molar-refractivity contribution >= 4 is 23.3 Å². The largest absolute Gasteiger partial charge is 0.493 e. The molecule has 0 unspecified atom stereocenters. The SMILES string of the molecule is COc1cc(NC(=O)N2CCN(C[C@@H](OCc3cccc(C)c3)c3ccc(Cl)cc3)CC2)cc(OC)c1OC. The number of nitrogens with zero attached hydrogens (tertiary/aromatic N) is 2. The van der Waals surface area contributed by atoms with Crippen LogP contribution in [0.1, 0.15) is 22.8 Å². The first-order valence-electron chi connectivity index (χ1n) is 12.9. The quantitative estimate of drug-likeness (QED) is 0.343. The Balaban J connectivity index is 1.36. The number of methoxy groups -OCH3 is 3. The van der Waals surface area contributed by atoms with Crippen LogP contribution < -0.4 is 19.5 Å². The number of carbonyl (C=O) groups is 1. The summed E-state index contributed by atoms with van der Waals surface area (Å²) in [4.78, 5) is 17.2. The number of urea groups is 1. The molecule has 2 amide bonds. The van der Waals surface area contributed by atoms with Gasteiger partial charge in [-0.05, 0) is 30.2 Å². The van der Waals surface area contributed by atoms with E-state index >= 15 is 0 Å². The van der Waals surface area contributed by atoms with Crippen LogP contribution in [-0.2, 0) is 11.3 Å². The average Bonchev–Trinajstić information content (AvgIpc) is 2.95. The van der Waals surface area contributed by atoms with E-state index in [2.05, 4.69) is 35.3 Å². The Bertz CT molecular complexity index is 1220. The van der Waals surface area contributed by atoms with E-state index in [1.165, 1.54) is 5.56 Å². The fourth-order valence-electron chi connectivity index (χ4n) is 4.65. The molecule has 1 saturated heterocycles. The Morgan fingerprint density at radius 1 is 0.923 bits per heavy atom. The molecule has 8 nitrogen and oxygen atoms in total. The summed E-state index contributed by atoms with van der Waals surface area (Å²) in [6.07, 6.45) is -0.123. The average molecular weight is 554 g/mol. The van der Waals surface area contributed by atoms with E-state index in [4.69, 9.17) is 30.5 Å². The highest BCUT2D eigenvalue weighted by Gasteiger charge is 2.25. The van der Waals surface area contributed by atoms with E-state index in [1.807, 2.05) is 35.2 Å². The van der Waals surface area contributed by atoms with Crippen molar-refractivity contribution in [1.29, 1.82) is 0 Å². The van der Waals surface area contributed by atoms with E-state index in [-0.39, 0.29) is 12.1 Å². The zero-order chi connectivity index (χ0) is 27.8. The molecule has 1 aliphatic rings. The second-order valence-electron chi connectivity index (χ2n) is 9.47.